The SMILES string of the molecule is O=C(C(c1ccccc1)c1ccccc1)C1CCCCN1C(=O)c1cc(=O)cn[nH]1. The highest BCUT2D eigenvalue weighted by Gasteiger charge is 2.37. The number of rotatable bonds is 5. The number of aromatic amines is 1. The van der Waals surface area contributed by atoms with Crippen molar-refractivity contribution in [3.8, 4) is 0 Å². The number of carbonyl (C=O) groups excluding carboxylic acids is 2. The van der Waals surface area contributed by atoms with Gasteiger partial charge >= 0.3 is 0 Å². The highest BCUT2D eigenvalue weighted by molar-refractivity contribution is 5.99. The molecule has 6 heteroatoms. The topological polar surface area (TPSA) is 83.1 Å². The minimum atomic E-state index is -0.555. The molecule has 1 fully saturated rings. The molecule has 1 atom stereocenters. The maximum absolute atomic E-state index is 13.8. The molecule has 2 heterocycles. The molecule has 1 N–H and O–H groups in total. The molecule has 30 heavy (non-hydrogen) atoms. The molecule has 0 aliphatic carbocycles. The van der Waals surface area contributed by atoms with E-state index in [1.54, 1.807) is 4.90 Å². The Morgan fingerprint density at radius 1 is 0.967 bits per heavy atom. The molecule has 1 aliphatic heterocycles. The first-order valence-electron chi connectivity index (χ1n) is 10.1. The van der Waals surface area contributed by atoms with E-state index in [9.17, 15) is 14.4 Å². The van der Waals surface area contributed by atoms with Gasteiger partial charge in [-0.05, 0) is 30.4 Å². The Morgan fingerprint density at radius 3 is 2.20 bits per heavy atom. The van der Waals surface area contributed by atoms with Crippen LogP contribution in [-0.4, -0.2) is 39.4 Å². The van der Waals surface area contributed by atoms with Gasteiger partial charge in [0, 0.05) is 12.6 Å². The van der Waals surface area contributed by atoms with Crippen molar-refractivity contribution in [2.75, 3.05) is 6.54 Å². The first-order valence-corrected chi connectivity index (χ1v) is 10.1. The maximum Gasteiger partial charge on any atom is 0.272 e. The fraction of sp³-hybridized carbons (Fsp3) is 0.250. The van der Waals surface area contributed by atoms with Crippen molar-refractivity contribution in [1.82, 2.24) is 15.1 Å². The summed E-state index contributed by atoms with van der Waals surface area (Å²) in [5, 5.41) is 6.34. The van der Waals surface area contributed by atoms with E-state index in [0.29, 0.717) is 13.0 Å². The molecule has 6 nitrogen and oxygen atoms in total. The summed E-state index contributed by atoms with van der Waals surface area (Å²) in [6.45, 7) is 0.475. The Balaban J connectivity index is 1.70. The Labute approximate surface area is 174 Å². The zero-order valence-electron chi connectivity index (χ0n) is 16.5. The molecule has 3 aromatic rings. The van der Waals surface area contributed by atoms with Crippen LogP contribution in [-0.2, 0) is 4.79 Å². The number of benzene rings is 2. The van der Waals surface area contributed by atoms with Gasteiger partial charge in [0.15, 0.2) is 5.78 Å². The van der Waals surface area contributed by atoms with Crippen molar-refractivity contribution in [3.05, 3.63) is 100.0 Å². The highest BCUT2D eigenvalue weighted by Crippen LogP contribution is 2.31. The summed E-state index contributed by atoms with van der Waals surface area (Å²) in [7, 11) is 0. The smallest absolute Gasteiger partial charge is 0.272 e. The van der Waals surface area contributed by atoms with Crippen LogP contribution in [0.3, 0.4) is 0 Å². The summed E-state index contributed by atoms with van der Waals surface area (Å²) in [6.07, 6.45) is 3.42. The average Bonchev–Trinajstić information content (AvgIpc) is 2.80. The van der Waals surface area contributed by atoms with Crippen LogP contribution in [0.15, 0.2) is 77.7 Å². The number of piperidine rings is 1. The van der Waals surface area contributed by atoms with Crippen molar-refractivity contribution >= 4 is 11.7 Å². The van der Waals surface area contributed by atoms with Gasteiger partial charge in [0.2, 0.25) is 5.43 Å². The van der Waals surface area contributed by atoms with Crippen LogP contribution >= 0.6 is 0 Å². The van der Waals surface area contributed by atoms with Crippen LogP contribution in [0.25, 0.3) is 0 Å². The van der Waals surface area contributed by atoms with Gasteiger partial charge in [-0.2, -0.15) is 5.10 Å². The van der Waals surface area contributed by atoms with Crippen molar-refractivity contribution in [2.45, 2.75) is 31.2 Å². The number of amides is 1. The number of ketones is 1. The fourth-order valence-corrected chi connectivity index (χ4v) is 4.12. The predicted octanol–water partition coefficient (Wildman–Crippen LogP) is 3.17. The summed E-state index contributed by atoms with van der Waals surface area (Å²) >= 11 is 0. The monoisotopic (exact) mass is 401 g/mol. The number of Topliss-reactive ketones (excluding diaryl/α,β-unsaturated/α-hetero) is 1. The van der Waals surface area contributed by atoms with Gasteiger partial charge in [0.25, 0.3) is 5.91 Å². The molecule has 1 aliphatic rings. The van der Waals surface area contributed by atoms with E-state index in [2.05, 4.69) is 10.2 Å². The first kappa shape index (κ1) is 19.8. The van der Waals surface area contributed by atoms with Crippen molar-refractivity contribution in [3.63, 3.8) is 0 Å². The summed E-state index contributed by atoms with van der Waals surface area (Å²) in [5.41, 5.74) is 1.57. The number of hydrogen-bond donors (Lipinski definition) is 1. The molecule has 4 rings (SSSR count). The summed E-state index contributed by atoms with van der Waals surface area (Å²) in [5.74, 6) is -0.830. The summed E-state index contributed by atoms with van der Waals surface area (Å²) in [6, 6.07) is 20.0. The van der Waals surface area contributed by atoms with E-state index in [-0.39, 0.29) is 22.8 Å². The molecule has 0 saturated carbocycles. The van der Waals surface area contributed by atoms with E-state index in [1.807, 2.05) is 60.7 Å². The molecular weight excluding hydrogens is 378 g/mol. The lowest BCUT2D eigenvalue weighted by Crippen LogP contribution is -2.50. The quantitative estimate of drug-likeness (QED) is 0.712. The van der Waals surface area contributed by atoms with Crippen molar-refractivity contribution in [2.24, 2.45) is 0 Å². The highest BCUT2D eigenvalue weighted by atomic mass is 16.2. The van der Waals surface area contributed by atoms with Crippen molar-refractivity contribution in [1.29, 1.82) is 0 Å². The number of likely N-dealkylation sites (tertiary alicyclic amines) is 1. The molecule has 1 saturated heterocycles. The molecule has 1 aromatic heterocycles. The number of carbonyl (C=O) groups is 2. The van der Waals surface area contributed by atoms with Crippen LogP contribution in [0.2, 0.25) is 0 Å². The van der Waals surface area contributed by atoms with E-state index in [0.717, 1.165) is 30.2 Å². The van der Waals surface area contributed by atoms with Gasteiger partial charge in [-0.25, -0.2) is 0 Å². The van der Waals surface area contributed by atoms with Gasteiger partial charge in [0.05, 0.1) is 18.2 Å². The van der Waals surface area contributed by atoms with Crippen LogP contribution in [0, 0.1) is 0 Å². The number of aromatic nitrogens is 2. The minimum absolute atomic E-state index is 0.00770. The minimum Gasteiger partial charge on any atom is -0.327 e. The summed E-state index contributed by atoms with van der Waals surface area (Å²) < 4.78 is 0. The third kappa shape index (κ3) is 4.08. The third-order valence-corrected chi connectivity index (χ3v) is 5.54. The average molecular weight is 401 g/mol. The number of hydrogen-bond acceptors (Lipinski definition) is 4. The first-order chi connectivity index (χ1) is 14.6. The molecule has 0 spiro atoms. The Morgan fingerprint density at radius 2 is 1.60 bits per heavy atom. The van der Waals surface area contributed by atoms with Crippen molar-refractivity contribution < 1.29 is 9.59 Å². The number of nitrogens with zero attached hydrogens (tertiary/aromatic N) is 2. The lowest BCUT2D eigenvalue weighted by atomic mass is 9.82. The van der Waals surface area contributed by atoms with E-state index < -0.39 is 12.0 Å². The van der Waals surface area contributed by atoms with Crippen LogP contribution in [0.1, 0.15) is 46.8 Å². The standard InChI is InChI=1S/C24H23N3O3/c28-19-15-20(26-25-16-19)24(30)27-14-8-7-13-21(27)23(29)22(17-9-3-1-4-10-17)18-11-5-2-6-12-18/h1-6,9-12,15-16,21-22H,7-8,13-14H2,(H,26,28). The number of nitrogens with one attached hydrogen (secondary N) is 1. The Hall–Kier alpha value is -3.54. The zero-order chi connectivity index (χ0) is 20.9. The molecule has 1 amide bonds. The van der Waals surface area contributed by atoms with Gasteiger partial charge in [-0.3, -0.25) is 19.5 Å². The Kier molecular flexibility index (Phi) is 5.84. The lowest BCUT2D eigenvalue weighted by Gasteiger charge is -2.36. The van der Waals surface area contributed by atoms with Gasteiger partial charge in [-0.15, -0.1) is 0 Å². The lowest BCUT2D eigenvalue weighted by molar-refractivity contribution is -0.125. The predicted molar refractivity (Wildman–Crippen MR) is 113 cm³/mol. The van der Waals surface area contributed by atoms with E-state index >= 15 is 0 Å². The maximum atomic E-state index is 13.8. The second kappa shape index (κ2) is 8.86. The molecular formula is C24H23N3O3. The van der Waals surface area contributed by atoms with Gasteiger partial charge in [-0.1, -0.05) is 60.7 Å². The van der Waals surface area contributed by atoms with Crippen LogP contribution < -0.4 is 5.43 Å². The fourth-order valence-electron chi connectivity index (χ4n) is 4.12. The zero-order valence-corrected chi connectivity index (χ0v) is 16.5. The molecule has 152 valence electrons. The second-order valence-electron chi connectivity index (χ2n) is 7.50. The third-order valence-electron chi connectivity index (χ3n) is 5.54. The molecule has 0 radical (unpaired) electrons. The molecule has 1 unspecified atom stereocenters. The Bertz CT molecular complexity index is 1040. The summed E-state index contributed by atoms with van der Waals surface area (Å²) in [4.78, 5) is 40.2. The van der Waals surface area contributed by atoms with Gasteiger partial charge < -0.3 is 4.90 Å². The second-order valence-corrected chi connectivity index (χ2v) is 7.50. The van der Waals surface area contributed by atoms with Crippen LogP contribution in [0.4, 0.5) is 0 Å². The normalized spacial score (nSPS) is 16.4. The van der Waals surface area contributed by atoms with Crippen LogP contribution in [0.5, 0.6) is 0 Å². The number of H-pyrrole nitrogens is 1. The largest absolute Gasteiger partial charge is 0.327 e. The van der Waals surface area contributed by atoms with E-state index in [4.69, 9.17) is 0 Å². The van der Waals surface area contributed by atoms with E-state index in [1.165, 1.54) is 6.07 Å². The molecule has 2 aromatic carbocycles. The molecule has 0 bridgehead atoms. The van der Waals surface area contributed by atoms with Gasteiger partial charge in [0.1, 0.15) is 5.69 Å².